The van der Waals surface area contributed by atoms with Gasteiger partial charge in [-0.25, -0.2) is 0 Å². The summed E-state index contributed by atoms with van der Waals surface area (Å²) in [4.78, 5) is 0. The summed E-state index contributed by atoms with van der Waals surface area (Å²) in [5.74, 6) is 1.56. The number of allylic oxidation sites excluding steroid dienone is 1. The molecule has 2 unspecified atom stereocenters. The summed E-state index contributed by atoms with van der Waals surface area (Å²) in [7, 11) is 1.92. The lowest BCUT2D eigenvalue weighted by Gasteiger charge is -2.23. The van der Waals surface area contributed by atoms with Crippen molar-refractivity contribution in [1.82, 2.24) is 0 Å². The monoisotopic (exact) mass is 284 g/mol. The van der Waals surface area contributed by atoms with Crippen LogP contribution in [0.1, 0.15) is 27.2 Å². The van der Waals surface area contributed by atoms with Crippen molar-refractivity contribution >= 4 is 30.1 Å². The minimum atomic E-state index is 0.744. The van der Waals surface area contributed by atoms with Crippen LogP contribution < -0.4 is 0 Å². The van der Waals surface area contributed by atoms with Crippen LogP contribution in [0.25, 0.3) is 0 Å². The average molecular weight is 284 g/mol. The Bertz CT molecular complexity index is 112. The molecular formula is C9H17IS. The molecule has 0 radical (unpaired) electrons. The molecule has 0 aliphatic carbocycles. The van der Waals surface area contributed by atoms with Gasteiger partial charge in [0.05, 0.1) is 0 Å². The molecule has 66 valence electrons. The predicted octanol–water partition coefficient (Wildman–Crippen LogP) is 4.31. The maximum Gasteiger partial charge on any atom is 0.0153 e. The van der Waals surface area contributed by atoms with Gasteiger partial charge in [-0.2, -0.15) is 0 Å². The molecule has 0 rings (SSSR count). The molecule has 0 fully saturated rings. The van der Waals surface area contributed by atoms with Crippen LogP contribution in [0.15, 0.2) is 12.7 Å². The normalized spacial score (nSPS) is 16.5. The Hall–Kier alpha value is 0.820. The first-order valence-corrected chi connectivity index (χ1v) is 7.44. The van der Waals surface area contributed by atoms with E-state index >= 15 is 0 Å². The molecule has 0 saturated heterocycles. The fourth-order valence-corrected chi connectivity index (χ4v) is 2.95. The molecule has 0 aromatic carbocycles. The molecule has 2 atom stereocenters. The molecule has 0 amide bonds. The van der Waals surface area contributed by atoms with Gasteiger partial charge in [-0.15, -0.1) is 6.58 Å². The van der Waals surface area contributed by atoms with Gasteiger partial charge in [0.1, 0.15) is 0 Å². The highest BCUT2D eigenvalue weighted by Gasteiger charge is 2.18. The van der Waals surface area contributed by atoms with Crippen LogP contribution in [0.4, 0.5) is 0 Å². The zero-order chi connectivity index (χ0) is 8.85. The van der Waals surface area contributed by atoms with E-state index in [0.29, 0.717) is 0 Å². The molecule has 0 spiro atoms. The van der Waals surface area contributed by atoms with E-state index in [2.05, 4.69) is 48.6 Å². The Labute approximate surface area is 86.8 Å². The molecule has 0 heterocycles. The van der Waals surface area contributed by atoms with Gasteiger partial charge in [0.2, 0.25) is 0 Å². The summed E-state index contributed by atoms with van der Waals surface area (Å²) in [6, 6.07) is 0. The Balaban J connectivity index is 3.96. The van der Waals surface area contributed by atoms with E-state index in [1.807, 2.05) is 15.0 Å². The van der Waals surface area contributed by atoms with Crippen LogP contribution in [0.3, 0.4) is 0 Å². The fourth-order valence-electron chi connectivity index (χ4n) is 1.26. The fraction of sp³-hybridized carbons (Fsp3) is 0.778. The largest absolute Gasteiger partial charge is 0.103 e. The molecule has 0 bridgehead atoms. The summed E-state index contributed by atoms with van der Waals surface area (Å²) in [5, 5.41) is 0.744. The van der Waals surface area contributed by atoms with Crippen LogP contribution >= 0.6 is 30.1 Å². The summed E-state index contributed by atoms with van der Waals surface area (Å²) in [6.07, 6.45) is 3.18. The van der Waals surface area contributed by atoms with Gasteiger partial charge in [-0.1, -0.05) is 35.8 Å². The third kappa shape index (κ3) is 4.41. The van der Waals surface area contributed by atoms with Gasteiger partial charge in [0, 0.05) is 5.25 Å². The Kier molecular flexibility index (Phi) is 6.82. The van der Waals surface area contributed by atoms with Crippen molar-refractivity contribution in [3.8, 4) is 0 Å². The summed E-state index contributed by atoms with van der Waals surface area (Å²) < 4.78 is 0. The van der Waals surface area contributed by atoms with Gasteiger partial charge in [0.25, 0.3) is 0 Å². The molecule has 0 aliphatic rings. The van der Waals surface area contributed by atoms with Crippen LogP contribution in [0.2, 0.25) is 0 Å². The first kappa shape index (κ1) is 11.8. The van der Waals surface area contributed by atoms with E-state index in [0.717, 1.165) is 23.5 Å². The van der Waals surface area contributed by atoms with Crippen molar-refractivity contribution in [2.75, 3.05) is 0 Å². The molecule has 0 N–H and O–H groups in total. The quantitative estimate of drug-likeness (QED) is 0.535. The number of hydrogen-bond donors (Lipinski definition) is 0. The van der Waals surface area contributed by atoms with E-state index in [4.69, 9.17) is 0 Å². The molecule has 0 aliphatic heterocycles. The van der Waals surface area contributed by atoms with Crippen molar-refractivity contribution in [3.63, 3.8) is 0 Å². The topological polar surface area (TPSA) is 0 Å². The van der Waals surface area contributed by atoms with Crippen molar-refractivity contribution < 1.29 is 0 Å². The number of halogens is 1. The second-order valence-electron chi connectivity index (χ2n) is 3.23. The van der Waals surface area contributed by atoms with E-state index in [1.54, 1.807) is 0 Å². The van der Waals surface area contributed by atoms with E-state index in [-0.39, 0.29) is 0 Å². The average Bonchev–Trinajstić information content (AvgIpc) is 1.98. The molecule has 11 heavy (non-hydrogen) atoms. The van der Waals surface area contributed by atoms with Gasteiger partial charge in [0.15, 0.2) is 0 Å². The Morgan fingerprint density at radius 2 is 2.00 bits per heavy atom. The maximum atomic E-state index is 3.79. The highest BCUT2D eigenvalue weighted by atomic mass is 127. The van der Waals surface area contributed by atoms with E-state index in [9.17, 15) is 0 Å². The number of hydrogen-bond acceptors (Lipinski definition) is 1. The highest BCUT2D eigenvalue weighted by molar-refractivity contribution is 14.2. The molecule has 0 aromatic rings. The third-order valence-corrected chi connectivity index (χ3v) is 5.08. The second-order valence-corrected chi connectivity index (χ2v) is 5.67. The zero-order valence-corrected chi connectivity index (χ0v) is 10.5. The SMILES string of the molecule is C=CCC(C(C)C)C(C)SI. The Morgan fingerprint density at radius 1 is 1.45 bits per heavy atom. The predicted molar refractivity (Wildman–Crippen MR) is 64.2 cm³/mol. The molecular weight excluding hydrogens is 267 g/mol. The Morgan fingerprint density at radius 3 is 2.27 bits per heavy atom. The van der Waals surface area contributed by atoms with Gasteiger partial charge in [-0.3, -0.25) is 0 Å². The second kappa shape index (κ2) is 6.35. The van der Waals surface area contributed by atoms with Crippen LogP contribution in [-0.4, -0.2) is 5.25 Å². The molecule has 0 saturated carbocycles. The first-order valence-electron chi connectivity index (χ1n) is 4.01. The lowest BCUT2D eigenvalue weighted by atomic mass is 9.90. The standard InChI is InChI=1S/C9H17IS/c1-5-6-9(7(2)3)8(4)11-10/h5,7-9H,1,6H2,2-4H3. The van der Waals surface area contributed by atoms with E-state index < -0.39 is 0 Å². The van der Waals surface area contributed by atoms with E-state index in [1.165, 1.54) is 0 Å². The molecule has 2 heteroatoms. The van der Waals surface area contributed by atoms with Gasteiger partial charge < -0.3 is 0 Å². The van der Waals surface area contributed by atoms with Gasteiger partial charge >= 0.3 is 0 Å². The summed E-state index contributed by atoms with van der Waals surface area (Å²) >= 11 is 2.38. The van der Waals surface area contributed by atoms with Crippen LogP contribution in [0.5, 0.6) is 0 Å². The van der Waals surface area contributed by atoms with Crippen molar-refractivity contribution in [1.29, 1.82) is 0 Å². The van der Waals surface area contributed by atoms with Crippen LogP contribution in [-0.2, 0) is 0 Å². The lowest BCUT2D eigenvalue weighted by molar-refractivity contribution is 0.387. The lowest BCUT2D eigenvalue weighted by Crippen LogP contribution is -2.18. The van der Waals surface area contributed by atoms with Crippen molar-refractivity contribution in [3.05, 3.63) is 12.7 Å². The van der Waals surface area contributed by atoms with Gasteiger partial charge in [-0.05, 0) is 39.5 Å². The smallest absolute Gasteiger partial charge is 0.0153 e. The van der Waals surface area contributed by atoms with Crippen molar-refractivity contribution in [2.45, 2.75) is 32.4 Å². The first-order chi connectivity index (χ1) is 5.13. The summed E-state index contributed by atoms with van der Waals surface area (Å²) in [5.41, 5.74) is 0. The maximum absolute atomic E-state index is 3.79. The summed E-state index contributed by atoms with van der Waals surface area (Å²) in [6.45, 7) is 10.7. The van der Waals surface area contributed by atoms with Crippen LogP contribution in [0, 0.1) is 11.8 Å². The highest BCUT2D eigenvalue weighted by Crippen LogP contribution is 2.32. The molecule has 0 aromatic heterocycles. The van der Waals surface area contributed by atoms with Crippen molar-refractivity contribution in [2.24, 2.45) is 11.8 Å². The number of rotatable bonds is 5. The molecule has 0 nitrogen and oxygen atoms in total. The third-order valence-electron chi connectivity index (χ3n) is 2.04. The minimum Gasteiger partial charge on any atom is -0.103 e. The minimum absolute atomic E-state index is 0.744. The zero-order valence-electron chi connectivity index (χ0n) is 7.51.